The molecule has 1 N–H and O–H groups in total. The Bertz CT molecular complexity index is 1480. The van der Waals surface area contributed by atoms with Gasteiger partial charge < -0.3 is 24.1 Å². The van der Waals surface area contributed by atoms with Gasteiger partial charge in [-0.3, -0.25) is 0 Å². The van der Waals surface area contributed by atoms with Gasteiger partial charge in [-0.15, -0.1) is 0 Å². The maximum absolute atomic E-state index is 15.0. The predicted molar refractivity (Wildman–Crippen MR) is 155 cm³/mol. The smallest absolute Gasteiger partial charge is 0.412 e. The van der Waals surface area contributed by atoms with Crippen LogP contribution in [0.4, 0.5) is 30.7 Å². The molecule has 0 aliphatic heterocycles. The van der Waals surface area contributed by atoms with Crippen LogP contribution in [-0.4, -0.2) is 43.4 Å². The molecule has 6 nitrogen and oxygen atoms in total. The molecule has 2 aromatic rings. The van der Waals surface area contributed by atoms with Crippen LogP contribution in [-0.2, 0) is 14.3 Å². The summed E-state index contributed by atoms with van der Waals surface area (Å²) >= 11 is 0. The van der Waals surface area contributed by atoms with Gasteiger partial charge in [0.15, 0.2) is 17.9 Å². The second-order valence-corrected chi connectivity index (χ2v) is 10.4. The van der Waals surface area contributed by atoms with Gasteiger partial charge in [-0.1, -0.05) is 26.0 Å². The first-order valence-electron chi connectivity index (χ1n) is 14.4. The largest absolute Gasteiger partial charge is 0.462 e. The standard InChI is InChI=1S/C33H33F7O6/c1-3-13-43-14-4-5-20(2)19-45-31(41)22-6-10-25(34)30(28(37)17-22)32(42)46-23-8-9-24(26(35)18-23)21-7-11-29(27(36)16-21)44-15-12-33(38,39)40/h6-9,11-12,15-18,20,31,41H,3-5,10,13-14,19H2,1-2H3/b15-12+. The topological polar surface area (TPSA) is 74.2 Å². The quantitative estimate of drug-likeness (QED) is 0.0516. The molecule has 13 heteroatoms. The Morgan fingerprint density at radius 3 is 2.48 bits per heavy atom. The molecule has 0 heterocycles. The Balaban J connectivity index is 1.62. The van der Waals surface area contributed by atoms with Gasteiger partial charge in [0, 0.05) is 36.8 Å². The van der Waals surface area contributed by atoms with Crippen molar-refractivity contribution in [2.45, 2.75) is 52.0 Å². The third-order valence-corrected chi connectivity index (χ3v) is 6.53. The monoisotopic (exact) mass is 658 g/mol. The van der Waals surface area contributed by atoms with Gasteiger partial charge in [0.1, 0.15) is 28.8 Å². The lowest BCUT2D eigenvalue weighted by molar-refractivity contribution is -0.130. The van der Waals surface area contributed by atoms with Crippen molar-refractivity contribution in [2.24, 2.45) is 5.92 Å². The third-order valence-electron chi connectivity index (χ3n) is 6.53. The summed E-state index contributed by atoms with van der Waals surface area (Å²) in [6, 6.07) is 5.93. The van der Waals surface area contributed by atoms with E-state index in [1.165, 1.54) is 12.1 Å². The first-order valence-corrected chi connectivity index (χ1v) is 14.4. The van der Waals surface area contributed by atoms with Crippen LogP contribution in [0.15, 0.2) is 83.7 Å². The van der Waals surface area contributed by atoms with E-state index >= 15 is 4.39 Å². The van der Waals surface area contributed by atoms with E-state index < -0.39 is 65.2 Å². The number of carbonyl (C=O) groups is 1. The number of carbonyl (C=O) groups excluding carboxylic acids is 1. The van der Waals surface area contributed by atoms with E-state index in [9.17, 15) is 36.2 Å². The van der Waals surface area contributed by atoms with Gasteiger partial charge in [0.2, 0.25) is 0 Å². The number of hydrogen-bond donors (Lipinski definition) is 1. The predicted octanol–water partition coefficient (Wildman–Crippen LogP) is 8.58. The van der Waals surface area contributed by atoms with Crippen LogP contribution in [0.25, 0.3) is 11.1 Å². The number of alkyl halides is 3. The number of aliphatic hydroxyl groups is 1. The summed E-state index contributed by atoms with van der Waals surface area (Å²) in [5.74, 6) is -7.01. The molecule has 2 unspecified atom stereocenters. The molecule has 1 aliphatic rings. The number of aliphatic hydroxyl groups excluding tert-OH is 1. The lowest BCUT2D eigenvalue weighted by Gasteiger charge is -2.17. The van der Waals surface area contributed by atoms with Gasteiger partial charge in [0.25, 0.3) is 0 Å². The number of halogens is 7. The van der Waals surface area contributed by atoms with Gasteiger partial charge in [0.05, 0.1) is 18.9 Å². The first-order chi connectivity index (χ1) is 21.8. The molecule has 2 aromatic carbocycles. The molecule has 0 amide bonds. The average Bonchev–Trinajstić information content (AvgIpc) is 3.13. The molecule has 0 fully saturated rings. The molecule has 0 saturated heterocycles. The number of allylic oxidation sites excluding steroid dienone is 3. The molecular weight excluding hydrogens is 625 g/mol. The summed E-state index contributed by atoms with van der Waals surface area (Å²) in [6.07, 6.45) is -2.39. The van der Waals surface area contributed by atoms with Crippen LogP contribution < -0.4 is 9.47 Å². The Morgan fingerprint density at radius 2 is 1.80 bits per heavy atom. The highest BCUT2D eigenvalue weighted by molar-refractivity contribution is 5.95. The Labute approximate surface area is 261 Å². The maximum atomic E-state index is 15.0. The third kappa shape index (κ3) is 11.1. The van der Waals surface area contributed by atoms with Gasteiger partial charge >= 0.3 is 12.1 Å². The van der Waals surface area contributed by atoms with E-state index in [0.717, 1.165) is 55.7 Å². The highest BCUT2D eigenvalue weighted by Gasteiger charge is 2.27. The number of hydrogen-bond acceptors (Lipinski definition) is 6. The zero-order valence-corrected chi connectivity index (χ0v) is 25.0. The molecule has 3 rings (SSSR count). The molecule has 0 spiro atoms. The van der Waals surface area contributed by atoms with Crippen LogP contribution >= 0.6 is 0 Å². The Hall–Kier alpha value is -3.94. The maximum Gasteiger partial charge on any atom is 0.412 e. The van der Waals surface area contributed by atoms with Crippen molar-refractivity contribution in [3.63, 3.8) is 0 Å². The van der Waals surface area contributed by atoms with Crippen LogP contribution in [0.5, 0.6) is 11.5 Å². The summed E-state index contributed by atoms with van der Waals surface area (Å²) in [7, 11) is 0. The van der Waals surface area contributed by atoms with Crippen molar-refractivity contribution < 1.29 is 59.6 Å². The number of rotatable bonds is 15. The molecule has 0 bridgehead atoms. The first kappa shape index (κ1) is 36.5. The normalized spacial score (nSPS) is 15.3. The van der Waals surface area contributed by atoms with Crippen LogP contribution in [0.1, 0.15) is 39.5 Å². The lowest BCUT2D eigenvalue weighted by atomic mass is 10.0. The summed E-state index contributed by atoms with van der Waals surface area (Å²) in [6.45, 7) is 5.32. The van der Waals surface area contributed by atoms with Crippen LogP contribution in [0.2, 0.25) is 0 Å². The van der Waals surface area contributed by atoms with E-state index in [1.54, 1.807) is 0 Å². The van der Waals surface area contributed by atoms with E-state index in [-0.39, 0.29) is 41.6 Å². The fourth-order valence-corrected chi connectivity index (χ4v) is 4.21. The second kappa shape index (κ2) is 17.1. The van der Waals surface area contributed by atoms with Crippen molar-refractivity contribution in [3.05, 3.63) is 95.3 Å². The van der Waals surface area contributed by atoms with E-state index in [0.29, 0.717) is 13.2 Å². The van der Waals surface area contributed by atoms with Gasteiger partial charge in [-0.25, -0.2) is 22.4 Å². The van der Waals surface area contributed by atoms with Crippen molar-refractivity contribution in [1.29, 1.82) is 0 Å². The molecule has 0 radical (unpaired) electrons. The molecule has 1 aliphatic carbocycles. The Kier molecular flexibility index (Phi) is 13.6. The lowest BCUT2D eigenvalue weighted by Crippen LogP contribution is -2.19. The van der Waals surface area contributed by atoms with E-state index in [1.807, 2.05) is 13.8 Å². The van der Waals surface area contributed by atoms with Crippen molar-refractivity contribution in [3.8, 4) is 22.6 Å². The molecular formula is C33H33F7O6. The minimum absolute atomic E-state index is 0.0266. The van der Waals surface area contributed by atoms with Gasteiger partial charge in [-0.05, 0) is 61.1 Å². The fourth-order valence-electron chi connectivity index (χ4n) is 4.21. The molecule has 250 valence electrons. The summed E-state index contributed by atoms with van der Waals surface area (Å²) in [5, 5.41) is 10.4. The van der Waals surface area contributed by atoms with Gasteiger partial charge in [-0.2, -0.15) is 13.2 Å². The number of esters is 1. The highest BCUT2D eigenvalue weighted by Crippen LogP contribution is 2.32. The molecule has 0 aromatic heterocycles. The SMILES string of the molecule is CCCOCCCC(C)COC(O)C1=CCC(F)=C(C(=O)Oc2ccc(-c3ccc(O/C=C/C(F)(F)F)c(F)c3)c(F)c2)C(F)=C1. The fraction of sp³-hybridized carbons (Fsp3) is 0.364. The zero-order chi connectivity index (χ0) is 33.9. The molecule has 0 saturated carbocycles. The van der Waals surface area contributed by atoms with Crippen LogP contribution in [0, 0.1) is 17.6 Å². The summed E-state index contributed by atoms with van der Waals surface area (Å²) < 4.78 is 116. The summed E-state index contributed by atoms with van der Waals surface area (Å²) in [5.41, 5.74) is -1.37. The molecule has 46 heavy (non-hydrogen) atoms. The minimum atomic E-state index is -4.66. The second-order valence-electron chi connectivity index (χ2n) is 10.4. The van der Waals surface area contributed by atoms with Crippen molar-refractivity contribution >= 4 is 5.97 Å². The van der Waals surface area contributed by atoms with E-state index in [2.05, 4.69) is 4.74 Å². The van der Waals surface area contributed by atoms with Crippen LogP contribution in [0.3, 0.4) is 0 Å². The number of benzene rings is 2. The number of ether oxygens (including phenoxy) is 4. The van der Waals surface area contributed by atoms with Crippen molar-refractivity contribution in [2.75, 3.05) is 19.8 Å². The minimum Gasteiger partial charge on any atom is -0.462 e. The molecule has 2 atom stereocenters. The Morgan fingerprint density at radius 1 is 1.04 bits per heavy atom. The zero-order valence-electron chi connectivity index (χ0n) is 25.0. The summed E-state index contributed by atoms with van der Waals surface area (Å²) in [4.78, 5) is 12.7. The van der Waals surface area contributed by atoms with Crippen molar-refractivity contribution in [1.82, 2.24) is 0 Å². The average molecular weight is 659 g/mol. The van der Waals surface area contributed by atoms with E-state index in [4.69, 9.17) is 14.2 Å². The highest BCUT2D eigenvalue weighted by atomic mass is 19.4.